The Morgan fingerprint density at radius 3 is 2.63 bits per heavy atom. The average molecular weight is 419 g/mol. The van der Waals surface area contributed by atoms with Gasteiger partial charge in [0.05, 0.1) is 23.4 Å². The van der Waals surface area contributed by atoms with Crippen molar-refractivity contribution in [2.24, 2.45) is 0 Å². The van der Waals surface area contributed by atoms with E-state index in [9.17, 15) is 18.0 Å². The smallest absolute Gasteiger partial charge is 0.462 e. The standard InChI is InChI=1S/C21H20F3N3O3/c1-4-29-19(28)13-8-9-16(17(10-13)30-21(22,23)24)26-20-25-11-14-6-5-7-15(12(2)3)18(14)27-20/h5-12H,4H2,1-3H3,(H,25,26,27). The molecule has 0 unspecified atom stereocenters. The number of halogens is 3. The Morgan fingerprint density at radius 1 is 1.20 bits per heavy atom. The van der Waals surface area contributed by atoms with Crippen LogP contribution in [0.3, 0.4) is 0 Å². The van der Waals surface area contributed by atoms with Crippen LogP contribution in [0.5, 0.6) is 5.75 Å². The van der Waals surface area contributed by atoms with Gasteiger partial charge in [-0.05, 0) is 36.6 Å². The van der Waals surface area contributed by atoms with Crippen molar-refractivity contribution in [3.63, 3.8) is 0 Å². The lowest BCUT2D eigenvalue weighted by Crippen LogP contribution is -2.18. The minimum Gasteiger partial charge on any atom is -0.462 e. The lowest BCUT2D eigenvalue weighted by molar-refractivity contribution is -0.274. The van der Waals surface area contributed by atoms with Crippen molar-refractivity contribution in [3.05, 3.63) is 53.7 Å². The highest BCUT2D eigenvalue weighted by atomic mass is 19.4. The van der Waals surface area contributed by atoms with Crippen LogP contribution in [0.15, 0.2) is 42.6 Å². The largest absolute Gasteiger partial charge is 0.573 e. The zero-order valence-corrected chi connectivity index (χ0v) is 16.6. The first-order valence-electron chi connectivity index (χ1n) is 9.27. The summed E-state index contributed by atoms with van der Waals surface area (Å²) in [6, 6.07) is 9.29. The van der Waals surface area contributed by atoms with Crippen molar-refractivity contribution < 1.29 is 27.4 Å². The molecule has 0 saturated heterocycles. The Hall–Kier alpha value is -3.36. The molecule has 30 heavy (non-hydrogen) atoms. The predicted octanol–water partition coefficient (Wildman–Crippen LogP) is 5.57. The molecule has 9 heteroatoms. The molecule has 0 atom stereocenters. The van der Waals surface area contributed by atoms with Crippen LogP contribution in [0.2, 0.25) is 0 Å². The van der Waals surface area contributed by atoms with Gasteiger partial charge in [-0.25, -0.2) is 14.8 Å². The topological polar surface area (TPSA) is 73.3 Å². The van der Waals surface area contributed by atoms with E-state index in [4.69, 9.17) is 4.74 Å². The van der Waals surface area contributed by atoms with Crippen molar-refractivity contribution in [2.75, 3.05) is 11.9 Å². The Labute approximate surface area is 171 Å². The molecule has 1 heterocycles. The van der Waals surface area contributed by atoms with Crippen LogP contribution in [-0.2, 0) is 4.74 Å². The Kier molecular flexibility index (Phi) is 6.09. The third kappa shape index (κ3) is 4.97. The first-order valence-corrected chi connectivity index (χ1v) is 9.27. The molecule has 6 nitrogen and oxygen atoms in total. The second-order valence-electron chi connectivity index (χ2n) is 6.74. The van der Waals surface area contributed by atoms with Gasteiger partial charge in [0.2, 0.25) is 5.95 Å². The molecular formula is C21H20F3N3O3. The number of carbonyl (C=O) groups excluding carboxylic acids is 1. The zero-order chi connectivity index (χ0) is 21.9. The van der Waals surface area contributed by atoms with Crippen LogP contribution in [-0.4, -0.2) is 28.9 Å². The molecule has 0 aliphatic rings. The maximum Gasteiger partial charge on any atom is 0.573 e. The van der Waals surface area contributed by atoms with Crippen LogP contribution >= 0.6 is 0 Å². The third-order valence-corrected chi connectivity index (χ3v) is 4.23. The van der Waals surface area contributed by atoms with Crippen molar-refractivity contribution >= 4 is 28.5 Å². The maximum absolute atomic E-state index is 12.9. The number of alkyl halides is 3. The van der Waals surface area contributed by atoms with Gasteiger partial charge in [0.15, 0.2) is 5.75 Å². The summed E-state index contributed by atoms with van der Waals surface area (Å²) >= 11 is 0. The van der Waals surface area contributed by atoms with Crippen molar-refractivity contribution in [2.45, 2.75) is 33.1 Å². The van der Waals surface area contributed by atoms with Gasteiger partial charge in [-0.1, -0.05) is 32.0 Å². The second kappa shape index (κ2) is 8.56. The van der Waals surface area contributed by atoms with Gasteiger partial charge >= 0.3 is 12.3 Å². The molecule has 0 fully saturated rings. The predicted molar refractivity (Wildman–Crippen MR) is 106 cm³/mol. The number of hydrogen-bond acceptors (Lipinski definition) is 6. The minimum atomic E-state index is -4.95. The van der Waals surface area contributed by atoms with Gasteiger partial charge in [-0.2, -0.15) is 0 Å². The Bertz CT molecular complexity index is 1070. The SMILES string of the molecule is CCOC(=O)c1ccc(Nc2ncc3cccc(C(C)C)c3n2)c(OC(F)(F)F)c1. The zero-order valence-electron chi connectivity index (χ0n) is 16.6. The summed E-state index contributed by atoms with van der Waals surface area (Å²) in [4.78, 5) is 20.5. The van der Waals surface area contributed by atoms with Crippen molar-refractivity contribution in [3.8, 4) is 5.75 Å². The number of nitrogens with one attached hydrogen (secondary N) is 1. The molecule has 0 aliphatic heterocycles. The fourth-order valence-corrected chi connectivity index (χ4v) is 2.90. The van der Waals surface area contributed by atoms with Crippen molar-refractivity contribution in [1.29, 1.82) is 0 Å². The third-order valence-electron chi connectivity index (χ3n) is 4.23. The second-order valence-corrected chi connectivity index (χ2v) is 6.74. The molecule has 1 aromatic heterocycles. The molecular weight excluding hydrogens is 399 g/mol. The number of esters is 1. The monoisotopic (exact) mass is 419 g/mol. The highest BCUT2D eigenvalue weighted by Gasteiger charge is 2.32. The number of aromatic nitrogens is 2. The highest BCUT2D eigenvalue weighted by Crippen LogP contribution is 2.33. The lowest BCUT2D eigenvalue weighted by atomic mass is 10.0. The van der Waals surface area contributed by atoms with Crippen molar-refractivity contribution in [1.82, 2.24) is 9.97 Å². The van der Waals surface area contributed by atoms with Crippen LogP contribution in [0.25, 0.3) is 10.9 Å². The number of nitrogens with zero attached hydrogens (tertiary/aromatic N) is 2. The molecule has 0 amide bonds. The number of fused-ring (bicyclic) bond motifs is 1. The lowest BCUT2D eigenvalue weighted by Gasteiger charge is -2.16. The summed E-state index contributed by atoms with van der Waals surface area (Å²) in [5.41, 5.74) is 1.58. The summed E-state index contributed by atoms with van der Waals surface area (Å²) in [5, 5.41) is 3.57. The fraction of sp³-hybridized carbons (Fsp3) is 0.286. The van der Waals surface area contributed by atoms with Gasteiger partial charge in [0.1, 0.15) is 0 Å². The molecule has 0 saturated carbocycles. The molecule has 158 valence electrons. The number of para-hydroxylation sites is 1. The van der Waals surface area contributed by atoms with Gasteiger partial charge in [-0.15, -0.1) is 13.2 Å². The van der Waals surface area contributed by atoms with Crippen LogP contribution in [0.1, 0.15) is 42.6 Å². The van der Waals surface area contributed by atoms with Gasteiger partial charge < -0.3 is 14.8 Å². The van der Waals surface area contributed by atoms with Crippen LogP contribution in [0, 0.1) is 0 Å². The Morgan fingerprint density at radius 2 is 1.97 bits per heavy atom. The molecule has 0 bridgehead atoms. The van der Waals surface area contributed by atoms with Crippen LogP contribution < -0.4 is 10.1 Å². The summed E-state index contributed by atoms with van der Waals surface area (Å²) in [7, 11) is 0. The highest BCUT2D eigenvalue weighted by molar-refractivity contribution is 5.91. The van der Waals surface area contributed by atoms with E-state index in [0.717, 1.165) is 17.0 Å². The fourth-order valence-electron chi connectivity index (χ4n) is 2.90. The van der Waals surface area contributed by atoms with E-state index in [-0.39, 0.29) is 29.7 Å². The molecule has 1 N–H and O–H groups in total. The molecule has 3 aromatic rings. The summed E-state index contributed by atoms with van der Waals surface area (Å²) < 4.78 is 47.6. The normalized spacial score (nSPS) is 11.6. The van der Waals surface area contributed by atoms with E-state index in [0.29, 0.717) is 5.52 Å². The van der Waals surface area contributed by atoms with Gasteiger partial charge in [0, 0.05) is 11.6 Å². The molecule has 0 aliphatic carbocycles. The van der Waals surface area contributed by atoms with E-state index in [1.807, 2.05) is 32.0 Å². The summed E-state index contributed by atoms with van der Waals surface area (Å²) in [5.74, 6) is -1.04. The summed E-state index contributed by atoms with van der Waals surface area (Å²) in [6.07, 6.45) is -3.35. The molecule has 0 radical (unpaired) electrons. The van der Waals surface area contributed by atoms with Gasteiger partial charge in [0.25, 0.3) is 0 Å². The van der Waals surface area contributed by atoms with Gasteiger partial charge in [-0.3, -0.25) is 0 Å². The van der Waals surface area contributed by atoms with E-state index in [1.54, 1.807) is 13.1 Å². The van der Waals surface area contributed by atoms with Crippen LogP contribution in [0.4, 0.5) is 24.8 Å². The number of carbonyl (C=O) groups is 1. The first-order chi connectivity index (χ1) is 14.2. The number of anilines is 2. The first kappa shape index (κ1) is 21.4. The molecule has 0 spiro atoms. The number of benzene rings is 2. The maximum atomic E-state index is 12.9. The van der Waals surface area contributed by atoms with E-state index in [1.165, 1.54) is 12.1 Å². The average Bonchev–Trinajstić information content (AvgIpc) is 2.67. The molecule has 2 aromatic carbocycles. The number of rotatable bonds is 6. The van der Waals surface area contributed by atoms with E-state index >= 15 is 0 Å². The summed E-state index contributed by atoms with van der Waals surface area (Å²) in [6.45, 7) is 5.74. The van der Waals surface area contributed by atoms with E-state index < -0.39 is 18.1 Å². The Balaban J connectivity index is 2.00. The quantitative estimate of drug-likeness (QED) is 0.527. The minimum absolute atomic E-state index is 0.0400. The number of ether oxygens (including phenoxy) is 2. The number of hydrogen-bond donors (Lipinski definition) is 1. The van der Waals surface area contributed by atoms with E-state index in [2.05, 4.69) is 20.0 Å². The molecule has 3 rings (SSSR count).